The summed E-state index contributed by atoms with van der Waals surface area (Å²) in [4.78, 5) is 0. The van der Waals surface area contributed by atoms with Gasteiger partial charge in [-0.15, -0.1) is 0 Å². The van der Waals surface area contributed by atoms with Gasteiger partial charge in [-0.1, -0.05) is 39.3 Å². The van der Waals surface area contributed by atoms with Gasteiger partial charge < -0.3 is 5.11 Å². The highest BCUT2D eigenvalue weighted by molar-refractivity contribution is 5.08. The monoisotopic (exact) mass is 208 g/mol. The van der Waals surface area contributed by atoms with Crippen LogP contribution < -0.4 is 0 Å². The van der Waals surface area contributed by atoms with E-state index in [9.17, 15) is 5.11 Å². The van der Waals surface area contributed by atoms with Crippen LogP contribution in [0.4, 0.5) is 0 Å². The van der Waals surface area contributed by atoms with Crippen LogP contribution in [0.2, 0.25) is 0 Å². The Morgan fingerprint density at radius 2 is 1.93 bits per heavy atom. The van der Waals surface area contributed by atoms with E-state index in [4.69, 9.17) is 0 Å². The summed E-state index contributed by atoms with van der Waals surface area (Å²) in [6.45, 7) is 6.91. The second-order valence-electron chi connectivity index (χ2n) is 5.59. The van der Waals surface area contributed by atoms with Crippen molar-refractivity contribution in [3.63, 3.8) is 0 Å². The van der Waals surface area contributed by atoms with Crippen LogP contribution in [0.25, 0.3) is 0 Å². The number of rotatable bonds is 1. The van der Waals surface area contributed by atoms with E-state index >= 15 is 0 Å². The van der Waals surface area contributed by atoms with Crippen molar-refractivity contribution in [2.24, 2.45) is 29.6 Å². The van der Waals surface area contributed by atoms with E-state index in [-0.39, 0.29) is 6.10 Å². The molecular weight excluding hydrogens is 184 g/mol. The van der Waals surface area contributed by atoms with Crippen molar-refractivity contribution >= 4 is 0 Å². The molecule has 15 heavy (non-hydrogen) atoms. The lowest BCUT2D eigenvalue weighted by Crippen LogP contribution is -2.44. The lowest BCUT2D eigenvalue weighted by atomic mass is 9.60. The fourth-order valence-electron chi connectivity index (χ4n) is 3.78. The van der Waals surface area contributed by atoms with Crippen molar-refractivity contribution in [1.29, 1.82) is 0 Å². The molecule has 4 unspecified atom stereocenters. The molecule has 0 amide bonds. The van der Waals surface area contributed by atoms with E-state index in [0.717, 1.165) is 12.3 Å². The van der Waals surface area contributed by atoms with Gasteiger partial charge in [-0.05, 0) is 42.4 Å². The fourth-order valence-corrected chi connectivity index (χ4v) is 3.78. The maximum absolute atomic E-state index is 10.2. The number of hydrogen-bond acceptors (Lipinski definition) is 1. The molecule has 0 aromatic heterocycles. The first kappa shape index (κ1) is 11.2. The predicted molar refractivity (Wildman–Crippen MR) is 63.5 cm³/mol. The Balaban J connectivity index is 2.25. The molecule has 0 radical (unpaired) electrons. The molecule has 0 heterocycles. The molecule has 0 saturated heterocycles. The lowest BCUT2D eigenvalue weighted by molar-refractivity contribution is -0.0245. The van der Waals surface area contributed by atoms with Crippen LogP contribution >= 0.6 is 0 Å². The number of aliphatic hydroxyl groups excluding tert-OH is 1. The first-order valence-electron chi connectivity index (χ1n) is 6.51. The van der Waals surface area contributed by atoms with Gasteiger partial charge in [0.15, 0.2) is 0 Å². The van der Waals surface area contributed by atoms with Gasteiger partial charge in [0.1, 0.15) is 0 Å². The Morgan fingerprint density at radius 3 is 2.60 bits per heavy atom. The lowest BCUT2D eigenvalue weighted by Gasteiger charge is -2.46. The highest BCUT2D eigenvalue weighted by Gasteiger charge is 2.42. The Morgan fingerprint density at radius 1 is 1.20 bits per heavy atom. The third-order valence-corrected chi connectivity index (χ3v) is 4.74. The molecule has 0 aromatic rings. The maximum atomic E-state index is 10.2. The summed E-state index contributed by atoms with van der Waals surface area (Å²) in [7, 11) is 0. The first-order chi connectivity index (χ1) is 7.15. The predicted octanol–water partition coefficient (Wildman–Crippen LogP) is 3.24. The Hall–Kier alpha value is -0.300. The van der Waals surface area contributed by atoms with Gasteiger partial charge in [0.25, 0.3) is 0 Å². The van der Waals surface area contributed by atoms with Crippen LogP contribution in [0, 0.1) is 29.6 Å². The second kappa shape index (κ2) is 4.29. The van der Waals surface area contributed by atoms with Gasteiger partial charge in [-0.3, -0.25) is 0 Å². The summed E-state index contributed by atoms with van der Waals surface area (Å²) < 4.78 is 0. The van der Waals surface area contributed by atoms with Crippen LogP contribution in [0.5, 0.6) is 0 Å². The number of aliphatic hydroxyl groups is 1. The molecule has 6 atom stereocenters. The minimum absolute atomic E-state index is 0.0523. The number of allylic oxidation sites excluding steroid dienone is 2. The highest BCUT2D eigenvalue weighted by atomic mass is 16.3. The minimum atomic E-state index is -0.0523. The summed E-state index contributed by atoms with van der Waals surface area (Å²) in [5.41, 5.74) is 0. The second-order valence-corrected chi connectivity index (χ2v) is 5.59. The smallest absolute Gasteiger partial charge is 0.0577 e. The quantitative estimate of drug-likeness (QED) is 0.656. The van der Waals surface area contributed by atoms with Gasteiger partial charge in [0.2, 0.25) is 0 Å². The van der Waals surface area contributed by atoms with Crippen molar-refractivity contribution in [3.05, 3.63) is 12.2 Å². The highest BCUT2D eigenvalue weighted by Crippen LogP contribution is 2.46. The van der Waals surface area contributed by atoms with E-state index in [0.29, 0.717) is 23.7 Å². The van der Waals surface area contributed by atoms with Gasteiger partial charge in [-0.25, -0.2) is 0 Å². The number of hydrogen-bond donors (Lipinski definition) is 1. The zero-order valence-corrected chi connectivity index (χ0v) is 10.2. The normalized spacial score (nSPS) is 50.1. The molecule has 2 aliphatic carbocycles. The summed E-state index contributed by atoms with van der Waals surface area (Å²) in [6.07, 6.45) is 8.12. The van der Waals surface area contributed by atoms with Crippen molar-refractivity contribution in [2.45, 2.75) is 46.1 Å². The Kier molecular flexibility index (Phi) is 3.20. The zero-order chi connectivity index (χ0) is 11.0. The van der Waals surface area contributed by atoms with E-state index in [1.54, 1.807) is 0 Å². The molecule has 0 aliphatic heterocycles. The average molecular weight is 208 g/mol. The summed E-state index contributed by atoms with van der Waals surface area (Å²) in [5.74, 6) is 3.26. The summed E-state index contributed by atoms with van der Waals surface area (Å²) in [5, 5.41) is 10.2. The molecule has 1 N–H and O–H groups in total. The molecule has 0 spiro atoms. The van der Waals surface area contributed by atoms with Gasteiger partial charge in [0, 0.05) is 0 Å². The Bertz CT molecular complexity index is 246. The molecule has 2 rings (SSSR count). The molecule has 0 aromatic carbocycles. The van der Waals surface area contributed by atoms with Crippen molar-refractivity contribution in [2.75, 3.05) is 0 Å². The SMILES string of the molecule is CCC1C2C(C=C[C@@H]1C)C(C)CC[C@@H]2O. The van der Waals surface area contributed by atoms with Crippen molar-refractivity contribution < 1.29 is 5.11 Å². The van der Waals surface area contributed by atoms with Crippen LogP contribution in [0.1, 0.15) is 40.0 Å². The van der Waals surface area contributed by atoms with E-state index in [2.05, 4.69) is 32.9 Å². The molecule has 1 fully saturated rings. The largest absolute Gasteiger partial charge is 0.393 e. The molecule has 0 bridgehead atoms. The van der Waals surface area contributed by atoms with Crippen LogP contribution in [0.15, 0.2) is 12.2 Å². The fraction of sp³-hybridized carbons (Fsp3) is 0.857. The van der Waals surface area contributed by atoms with Gasteiger partial charge in [-0.2, -0.15) is 0 Å². The van der Waals surface area contributed by atoms with Gasteiger partial charge in [0.05, 0.1) is 6.10 Å². The molecule has 1 nitrogen and oxygen atoms in total. The van der Waals surface area contributed by atoms with Gasteiger partial charge >= 0.3 is 0 Å². The molecule has 2 aliphatic rings. The Labute approximate surface area is 93.6 Å². The van der Waals surface area contributed by atoms with Crippen LogP contribution in [-0.4, -0.2) is 11.2 Å². The van der Waals surface area contributed by atoms with E-state index in [1.807, 2.05) is 0 Å². The topological polar surface area (TPSA) is 20.2 Å². The molecule has 86 valence electrons. The van der Waals surface area contributed by atoms with E-state index < -0.39 is 0 Å². The first-order valence-corrected chi connectivity index (χ1v) is 6.51. The van der Waals surface area contributed by atoms with Crippen molar-refractivity contribution in [3.8, 4) is 0 Å². The molecule has 1 heteroatoms. The van der Waals surface area contributed by atoms with Crippen molar-refractivity contribution in [1.82, 2.24) is 0 Å². The molecule has 1 saturated carbocycles. The number of fused-ring (bicyclic) bond motifs is 1. The standard InChI is InChI=1S/C14H24O/c1-4-11-9(2)5-7-12-10(3)6-8-13(15)14(11)12/h5,7,9-15H,4,6,8H2,1-3H3/t9-,10?,11?,12?,13-,14?/m0/s1. The summed E-state index contributed by atoms with van der Waals surface area (Å²) >= 11 is 0. The average Bonchev–Trinajstić information content (AvgIpc) is 2.23. The van der Waals surface area contributed by atoms with Crippen LogP contribution in [0.3, 0.4) is 0 Å². The van der Waals surface area contributed by atoms with Crippen LogP contribution in [-0.2, 0) is 0 Å². The third-order valence-electron chi connectivity index (χ3n) is 4.74. The summed E-state index contributed by atoms with van der Waals surface area (Å²) in [6, 6.07) is 0. The third kappa shape index (κ3) is 1.87. The zero-order valence-electron chi connectivity index (χ0n) is 10.2. The minimum Gasteiger partial charge on any atom is -0.393 e. The molecular formula is C14H24O. The van der Waals surface area contributed by atoms with E-state index in [1.165, 1.54) is 12.8 Å². The maximum Gasteiger partial charge on any atom is 0.0577 e.